The van der Waals surface area contributed by atoms with Gasteiger partial charge in [0.15, 0.2) is 11.5 Å². The van der Waals surface area contributed by atoms with Crippen LogP contribution in [0.1, 0.15) is 0 Å². The first-order valence-corrected chi connectivity index (χ1v) is 7.49. The Morgan fingerprint density at radius 2 is 1.76 bits per heavy atom. The highest BCUT2D eigenvalue weighted by atomic mass is 35.5. The topological polar surface area (TPSA) is 72.1 Å². The van der Waals surface area contributed by atoms with Crippen LogP contribution in [0.4, 0.5) is 11.5 Å². The van der Waals surface area contributed by atoms with Gasteiger partial charge in [-0.15, -0.1) is 12.4 Å². The molecule has 0 unspecified atom stereocenters. The van der Waals surface area contributed by atoms with Crippen molar-refractivity contribution in [1.82, 2.24) is 15.0 Å². The van der Waals surface area contributed by atoms with Gasteiger partial charge in [0.05, 0.1) is 19.7 Å². The lowest BCUT2D eigenvalue weighted by Gasteiger charge is -2.12. The van der Waals surface area contributed by atoms with Crippen LogP contribution in [0, 0.1) is 0 Å². The molecule has 0 amide bonds. The van der Waals surface area contributed by atoms with Gasteiger partial charge in [0, 0.05) is 34.2 Å². The molecule has 0 radical (unpaired) electrons. The van der Waals surface area contributed by atoms with Crippen LogP contribution in [0.2, 0.25) is 0 Å². The fourth-order valence-electron chi connectivity index (χ4n) is 2.75. The van der Waals surface area contributed by atoms with Crippen LogP contribution in [0.15, 0.2) is 48.9 Å². The molecule has 2 heterocycles. The molecule has 4 aromatic rings. The monoisotopic (exact) mass is 356 g/mol. The fraction of sp³-hybridized carbons (Fsp3) is 0.111. The molecule has 0 bridgehead atoms. The van der Waals surface area contributed by atoms with Crippen molar-refractivity contribution in [2.45, 2.75) is 0 Å². The van der Waals surface area contributed by atoms with Gasteiger partial charge in [-0.25, -0.2) is 9.97 Å². The first-order valence-electron chi connectivity index (χ1n) is 7.49. The average Bonchev–Trinajstić information content (AvgIpc) is 3.08. The number of benzene rings is 2. The lowest BCUT2D eigenvalue weighted by atomic mass is 10.2. The summed E-state index contributed by atoms with van der Waals surface area (Å²) in [6, 6.07) is 11.9. The van der Waals surface area contributed by atoms with E-state index in [1.165, 1.54) is 6.33 Å². The average molecular weight is 357 g/mol. The summed E-state index contributed by atoms with van der Waals surface area (Å²) in [6.45, 7) is 0. The Labute approximate surface area is 150 Å². The maximum atomic E-state index is 5.38. The van der Waals surface area contributed by atoms with Crippen molar-refractivity contribution in [2.24, 2.45) is 0 Å². The van der Waals surface area contributed by atoms with Crippen molar-refractivity contribution in [3.05, 3.63) is 48.9 Å². The minimum Gasteiger partial charge on any atom is -0.493 e. The zero-order valence-electron chi connectivity index (χ0n) is 13.7. The van der Waals surface area contributed by atoms with Crippen molar-refractivity contribution in [2.75, 3.05) is 19.5 Å². The standard InChI is InChI=1S/C18H16N4O2.ClH/c1-23-16-8-13-15(9-17(16)24-2)20-10-21-18(13)22-12-3-4-14-11(7-12)5-6-19-14;/h3-10,19H,1-2H3,(H,20,21,22);1H. The number of fused-ring (bicyclic) bond motifs is 2. The molecular formula is C18H17ClN4O2. The second-order valence-electron chi connectivity index (χ2n) is 5.35. The minimum atomic E-state index is 0. The van der Waals surface area contributed by atoms with Gasteiger partial charge in [-0.1, -0.05) is 0 Å². The van der Waals surface area contributed by atoms with Gasteiger partial charge in [0.25, 0.3) is 0 Å². The Kier molecular flexibility index (Phi) is 4.63. The molecule has 0 aliphatic rings. The number of anilines is 2. The van der Waals surface area contributed by atoms with Gasteiger partial charge < -0.3 is 19.8 Å². The zero-order chi connectivity index (χ0) is 16.5. The summed E-state index contributed by atoms with van der Waals surface area (Å²) in [4.78, 5) is 11.9. The van der Waals surface area contributed by atoms with E-state index >= 15 is 0 Å². The molecular weight excluding hydrogens is 340 g/mol. The van der Waals surface area contributed by atoms with Crippen molar-refractivity contribution < 1.29 is 9.47 Å². The number of hydrogen-bond acceptors (Lipinski definition) is 5. The predicted octanol–water partition coefficient (Wildman–Crippen LogP) is 4.29. The molecule has 2 aromatic carbocycles. The molecule has 4 rings (SSSR count). The summed E-state index contributed by atoms with van der Waals surface area (Å²) in [6.07, 6.45) is 3.46. The summed E-state index contributed by atoms with van der Waals surface area (Å²) in [5, 5.41) is 5.36. The summed E-state index contributed by atoms with van der Waals surface area (Å²) >= 11 is 0. The highest BCUT2D eigenvalue weighted by Crippen LogP contribution is 2.34. The molecule has 2 N–H and O–H groups in total. The number of nitrogens with zero attached hydrogens (tertiary/aromatic N) is 2. The fourth-order valence-corrected chi connectivity index (χ4v) is 2.75. The highest BCUT2D eigenvalue weighted by Gasteiger charge is 2.11. The van der Waals surface area contributed by atoms with Gasteiger partial charge in [-0.05, 0) is 30.3 Å². The van der Waals surface area contributed by atoms with E-state index in [9.17, 15) is 0 Å². The summed E-state index contributed by atoms with van der Waals surface area (Å²) in [5.41, 5.74) is 2.84. The Morgan fingerprint density at radius 1 is 0.960 bits per heavy atom. The molecule has 25 heavy (non-hydrogen) atoms. The first kappa shape index (κ1) is 16.9. The number of H-pyrrole nitrogens is 1. The van der Waals surface area contributed by atoms with Crippen LogP contribution in [0.5, 0.6) is 11.5 Å². The van der Waals surface area contributed by atoms with E-state index < -0.39 is 0 Å². The van der Waals surface area contributed by atoms with E-state index in [4.69, 9.17) is 9.47 Å². The van der Waals surface area contributed by atoms with E-state index in [1.54, 1.807) is 14.2 Å². The molecule has 0 saturated carbocycles. The van der Waals surface area contributed by atoms with E-state index in [1.807, 2.05) is 36.5 Å². The maximum absolute atomic E-state index is 5.38. The number of rotatable bonds is 4. The summed E-state index contributed by atoms with van der Waals surface area (Å²) in [5.74, 6) is 2.00. The Hall–Kier alpha value is -2.99. The SMILES string of the molecule is COc1cc2ncnc(Nc3ccc4[nH]ccc4c3)c2cc1OC.Cl. The second kappa shape index (κ2) is 6.86. The van der Waals surface area contributed by atoms with Crippen LogP contribution in [-0.4, -0.2) is 29.2 Å². The van der Waals surface area contributed by atoms with Crippen LogP contribution in [0.25, 0.3) is 21.8 Å². The van der Waals surface area contributed by atoms with Crippen molar-refractivity contribution >= 4 is 45.7 Å². The largest absolute Gasteiger partial charge is 0.493 e. The number of halogens is 1. The molecule has 0 spiro atoms. The second-order valence-corrected chi connectivity index (χ2v) is 5.35. The van der Waals surface area contributed by atoms with E-state index in [-0.39, 0.29) is 12.4 Å². The maximum Gasteiger partial charge on any atom is 0.162 e. The van der Waals surface area contributed by atoms with Crippen molar-refractivity contribution in [3.8, 4) is 11.5 Å². The van der Waals surface area contributed by atoms with Gasteiger partial charge in [-0.3, -0.25) is 0 Å². The lowest BCUT2D eigenvalue weighted by Crippen LogP contribution is -1.98. The summed E-state index contributed by atoms with van der Waals surface area (Å²) < 4.78 is 10.7. The third kappa shape index (κ3) is 3.04. The van der Waals surface area contributed by atoms with Gasteiger partial charge in [0.2, 0.25) is 0 Å². The molecule has 6 nitrogen and oxygen atoms in total. The molecule has 7 heteroatoms. The summed E-state index contributed by atoms with van der Waals surface area (Å²) in [7, 11) is 3.22. The Bertz CT molecular complexity index is 1030. The third-order valence-electron chi connectivity index (χ3n) is 3.96. The van der Waals surface area contributed by atoms with Gasteiger partial charge >= 0.3 is 0 Å². The van der Waals surface area contributed by atoms with E-state index in [0.717, 1.165) is 33.3 Å². The number of aromatic amines is 1. The molecule has 128 valence electrons. The van der Waals surface area contributed by atoms with Crippen molar-refractivity contribution in [1.29, 1.82) is 0 Å². The quantitative estimate of drug-likeness (QED) is 0.570. The number of methoxy groups -OCH3 is 2. The minimum absolute atomic E-state index is 0. The highest BCUT2D eigenvalue weighted by molar-refractivity contribution is 5.94. The zero-order valence-corrected chi connectivity index (χ0v) is 14.6. The molecule has 0 fully saturated rings. The number of ether oxygens (including phenoxy) is 2. The number of aromatic nitrogens is 3. The number of nitrogens with one attached hydrogen (secondary N) is 2. The van der Waals surface area contributed by atoms with Crippen LogP contribution in [0.3, 0.4) is 0 Å². The van der Waals surface area contributed by atoms with E-state index in [0.29, 0.717) is 11.5 Å². The molecule has 0 aliphatic heterocycles. The lowest BCUT2D eigenvalue weighted by molar-refractivity contribution is 0.356. The Morgan fingerprint density at radius 3 is 2.56 bits per heavy atom. The van der Waals surface area contributed by atoms with Gasteiger partial charge in [0.1, 0.15) is 12.1 Å². The van der Waals surface area contributed by atoms with Crippen molar-refractivity contribution in [3.63, 3.8) is 0 Å². The third-order valence-corrected chi connectivity index (χ3v) is 3.96. The normalized spacial score (nSPS) is 10.5. The van der Waals surface area contributed by atoms with Crippen LogP contribution < -0.4 is 14.8 Å². The molecule has 0 atom stereocenters. The first-order chi connectivity index (χ1) is 11.8. The van der Waals surface area contributed by atoms with E-state index in [2.05, 4.69) is 26.3 Å². The predicted molar refractivity (Wildman–Crippen MR) is 101 cm³/mol. The Balaban J connectivity index is 0.00000182. The molecule has 0 saturated heterocycles. The number of hydrogen-bond donors (Lipinski definition) is 2. The van der Waals surface area contributed by atoms with Crippen LogP contribution >= 0.6 is 12.4 Å². The molecule has 2 aromatic heterocycles. The smallest absolute Gasteiger partial charge is 0.162 e. The molecule has 0 aliphatic carbocycles. The van der Waals surface area contributed by atoms with Crippen LogP contribution in [-0.2, 0) is 0 Å². The van der Waals surface area contributed by atoms with Gasteiger partial charge in [-0.2, -0.15) is 0 Å².